The zero-order chi connectivity index (χ0) is 13.2. The lowest BCUT2D eigenvalue weighted by molar-refractivity contribution is 0.481. The number of ether oxygens (including phenoxy) is 1. The Hall–Kier alpha value is -1.47. The summed E-state index contributed by atoms with van der Waals surface area (Å²) >= 11 is 6.05. The highest BCUT2D eigenvalue weighted by Gasteiger charge is 2.13. The fraction of sp³-hybridized carbons (Fsp3) is 0.250. The first-order valence-electron chi connectivity index (χ1n) is 6.00. The minimum Gasteiger partial charge on any atom is -0.456 e. The van der Waals surface area contributed by atoms with Gasteiger partial charge in [0.05, 0.1) is 5.02 Å². The van der Waals surface area contributed by atoms with Crippen LogP contribution in [-0.4, -0.2) is 0 Å². The molecule has 0 bridgehead atoms. The Morgan fingerprint density at radius 3 is 2.06 bits per heavy atom. The van der Waals surface area contributed by atoms with Gasteiger partial charge in [-0.1, -0.05) is 56.6 Å². The van der Waals surface area contributed by atoms with E-state index in [-0.39, 0.29) is 5.41 Å². The van der Waals surface area contributed by atoms with Crippen molar-refractivity contribution in [1.29, 1.82) is 0 Å². The number of hydrogen-bond acceptors (Lipinski definition) is 1. The van der Waals surface area contributed by atoms with Crippen LogP contribution in [0.4, 0.5) is 0 Å². The Morgan fingerprint density at radius 2 is 1.50 bits per heavy atom. The van der Waals surface area contributed by atoms with Crippen LogP contribution < -0.4 is 4.74 Å². The van der Waals surface area contributed by atoms with Crippen molar-refractivity contribution in [2.45, 2.75) is 26.2 Å². The molecular formula is C16H17ClO. The van der Waals surface area contributed by atoms with Gasteiger partial charge >= 0.3 is 0 Å². The van der Waals surface area contributed by atoms with Gasteiger partial charge in [0.15, 0.2) is 0 Å². The molecule has 2 heteroatoms. The van der Waals surface area contributed by atoms with Crippen molar-refractivity contribution in [2.24, 2.45) is 0 Å². The van der Waals surface area contributed by atoms with Gasteiger partial charge < -0.3 is 4.74 Å². The van der Waals surface area contributed by atoms with E-state index in [1.54, 1.807) is 0 Å². The summed E-state index contributed by atoms with van der Waals surface area (Å²) in [7, 11) is 0. The van der Waals surface area contributed by atoms with Crippen molar-refractivity contribution in [2.75, 3.05) is 0 Å². The van der Waals surface area contributed by atoms with Crippen LogP contribution in [0.5, 0.6) is 11.5 Å². The Kier molecular flexibility index (Phi) is 3.63. The Morgan fingerprint density at radius 1 is 0.889 bits per heavy atom. The molecule has 0 amide bonds. The van der Waals surface area contributed by atoms with Gasteiger partial charge in [0.25, 0.3) is 0 Å². The lowest BCUT2D eigenvalue weighted by atomic mass is 9.87. The summed E-state index contributed by atoms with van der Waals surface area (Å²) in [5.41, 5.74) is 1.44. The van der Waals surface area contributed by atoms with E-state index in [1.165, 1.54) is 5.56 Å². The molecule has 0 radical (unpaired) electrons. The normalized spacial score (nSPS) is 11.3. The van der Waals surface area contributed by atoms with Crippen LogP contribution in [0.1, 0.15) is 26.3 Å². The predicted molar refractivity (Wildman–Crippen MR) is 76.7 cm³/mol. The van der Waals surface area contributed by atoms with Crippen LogP contribution in [-0.2, 0) is 5.41 Å². The molecule has 18 heavy (non-hydrogen) atoms. The average molecular weight is 261 g/mol. The smallest absolute Gasteiger partial charge is 0.146 e. The van der Waals surface area contributed by atoms with Crippen molar-refractivity contribution in [3.05, 3.63) is 59.1 Å². The number of hydrogen-bond donors (Lipinski definition) is 0. The third-order valence-electron chi connectivity index (χ3n) is 2.78. The standard InChI is InChI=1S/C16H17ClO/c1-16(2,3)12-8-10-13(11-9-12)18-15-7-5-4-6-14(15)17/h4-11H,1-3H3. The first-order valence-corrected chi connectivity index (χ1v) is 6.37. The van der Waals surface area contributed by atoms with Gasteiger partial charge in [-0.15, -0.1) is 0 Å². The maximum atomic E-state index is 6.05. The van der Waals surface area contributed by atoms with Crippen molar-refractivity contribution < 1.29 is 4.74 Å². The number of halogens is 1. The van der Waals surface area contributed by atoms with Gasteiger partial charge in [-0.2, -0.15) is 0 Å². The fourth-order valence-corrected chi connectivity index (χ4v) is 1.85. The second kappa shape index (κ2) is 5.03. The van der Waals surface area contributed by atoms with Crippen LogP contribution in [0, 0.1) is 0 Å². The fourth-order valence-electron chi connectivity index (χ4n) is 1.68. The van der Waals surface area contributed by atoms with Crippen LogP contribution in [0.2, 0.25) is 5.02 Å². The van der Waals surface area contributed by atoms with Gasteiger partial charge in [0.1, 0.15) is 11.5 Å². The second-order valence-electron chi connectivity index (χ2n) is 5.31. The molecular weight excluding hydrogens is 244 g/mol. The molecule has 0 N–H and O–H groups in total. The van der Waals surface area contributed by atoms with E-state index in [4.69, 9.17) is 16.3 Å². The highest BCUT2D eigenvalue weighted by molar-refractivity contribution is 6.32. The minimum absolute atomic E-state index is 0.156. The molecule has 0 aliphatic heterocycles. The van der Waals surface area contributed by atoms with E-state index < -0.39 is 0 Å². The SMILES string of the molecule is CC(C)(C)c1ccc(Oc2ccccc2Cl)cc1. The Balaban J connectivity index is 2.19. The molecule has 0 saturated carbocycles. The summed E-state index contributed by atoms with van der Waals surface area (Å²) in [4.78, 5) is 0. The van der Waals surface area contributed by atoms with E-state index in [9.17, 15) is 0 Å². The zero-order valence-corrected chi connectivity index (χ0v) is 11.7. The molecule has 1 nitrogen and oxygen atoms in total. The Labute approximate surface area is 113 Å². The van der Waals surface area contributed by atoms with Gasteiger partial charge in [-0.3, -0.25) is 0 Å². The number of rotatable bonds is 2. The molecule has 0 aromatic heterocycles. The van der Waals surface area contributed by atoms with Gasteiger partial charge in [-0.25, -0.2) is 0 Å². The number of para-hydroxylation sites is 1. The summed E-state index contributed by atoms with van der Waals surface area (Å²) in [5, 5.41) is 0.623. The summed E-state index contributed by atoms with van der Waals surface area (Å²) in [6, 6.07) is 15.6. The molecule has 2 aromatic carbocycles. The quantitative estimate of drug-likeness (QED) is 0.700. The van der Waals surface area contributed by atoms with E-state index in [2.05, 4.69) is 32.9 Å². The molecule has 94 valence electrons. The van der Waals surface area contributed by atoms with E-state index in [0.29, 0.717) is 10.8 Å². The number of benzene rings is 2. The predicted octanol–water partition coefficient (Wildman–Crippen LogP) is 5.43. The van der Waals surface area contributed by atoms with Crippen molar-refractivity contribution in [3.63, 3.8) is 0 Å². The molecule has 2 aromatic rings. The molecule has 0 aliphatic carbocycles. The van der Waals surface area contributed by atoms with E-state index >= 15 is 0 Å². The molecule has 2 rings (SSSR count). The lowest BCUT2D eigenvalue weighted by Gasteiger charge is -2.19. The van der Waals surface area contributed by atoms with Crippen molar-refractivity contribution in [3.8, 4) is 11.5 Å². The van der Waals surface area contributed by atoms with Gasteiger partial charge in [-0.05, 0) is 35.2 Å². The molecule has 0 saturated heterocycles. The molecule has 0 atom stereocenters. The summed E-state index contributed by atoms with van der Waals surface area (Å²) < 4.78 is 5.74. The average Bonchev–Trinajstić information content (AvgIpc) is 2.32. The largest absolute Gasteiger partial charge is 0.456 e. The highest BCUT2D eigenvalue weighted by Crippen LogP contribution is 2.30. The minimum atomic E-state index is 0.156. The summed E-state index contributed by atoms with van der Waals surface area (Å²) in [6.45, 7) is 6.57. The molecule has 0 spiro atoms. The highest BCUT2D eigenvalue weighted by atomic mass is 35.5. The zero-order valence-electron chi connectivity index (χ0n) is 10.9. The van der Waals surface area contributed by atoms with Crippen molar-refractivity contribution in [1.82, 2.24) is 0 Å². The third kappa shape index (κ3) is 3.05. The first-order chi connectivity index (χ1) is 8.47. The van der Waals surface area contributed by atoms with Crippen LogP contribution in [0.25, 0.3) is 0 Å². The molecule has 0 fully saturated rings. The van der Waals surface area contributed by atoms with Gasteiger partial charge in [0, 0.05) is 0 Å². The molecule has 0 aliphatic rings. The molecule has 0 unspecified atom stereocenters. The maximum absolute atomic E-state index is 6.05. The van der Waals surface area contributed by atoms with Crippen molar-refractivity contribution >= 4 is 11.6 Å². The topological polar surface area (TPSA) is 9.23 Å². The first kappa shape index (κ1) is 13.0. The summed E-state index contributed by atoms with van der Waals surface area (Å²) in [6.07, 6.45) is 0. The third-order valence-corrected chi connectivity index (χ3v) is 3.10. The van der Waals surface area contributed by atoms with Crippen LogP contribution in [0.15, 0.2) is 48.5 Å². The lowest BCUT2D eigenvalue weighted by Crippen LogP contribution is -2.10. The van der Waals surface area contributed by atoms with Crippen LogP contribution in [0.3, 0.4) is 0 Å². The Bertz CT molecular complexity index is 524. The van der Waals surface area contributed by atoms with E-state index in [1.807, 2.05) is 36.4 Å². The second-order valence-corrected chi connectivity index (χ2v) is 5.71. The summed E-state index contributed by atoms with van der Waals surface area (Å²) in [5.74, 6) is 1.48. The molecule has 0 heterocycles. The maximum Gasteiger partial charge on any atom is 0.146 e. The van der Waals surface area contributed by atoms with Crippen LogP contribution >= 0.6 is 11.6 Å². The monoisotopic (exact) mass is 260 g/mol. The van der Waals surface area contributed by atoms with Gasteiger partial charge in [0.2, 0.25) is 0 Å². The van der Waals surface area contributed by atoms with E-state index in [0.717, 1.165) is 5.75 Å².